The molecule has 2 aromatic carbocycles. The van der Waals surface area contributed by atoms with Crippen LogP contribution >= 0.6 is 12.4 Å². The normalized spacial score (nSPS) is 12.8. The Morgan fingerprint density at radius 3 is 2.00 bits per heavy atom. The standard InChI is InChI=1S/C18H20F2N2O.ClH/c1-18(22-17(23)12-21-2,14-5-9-16(20)10-6-14)11-13-3-7-15(19)8-4-13;/h3-10,21H,11-12H2,1-2H3,(H,22,23);1H. The van der Waals surface area contributed by atoms with Crippen LogP contribution in [0.2, 0.25) is 0 Å². The van der Waals surface area contributed by atoms with E-state index in [1.165, 1.54) is 24.3 Å². The maximum Gasteiger partial charge on any atom is 0.234 e. The molecule has 0 spiro atoms. The number of rotatable bonds is 6. The summed E-state index contributed by atoms with van der Waals surface area (Å²) in [4.78, 5) is 12.0. The van der Waals surface area contributed by atoms with Gasteiger partial charge in [-0.25, -0.2) is 8.78 Å². The van der Waals surface area contributed by atoms with Gasteiger partial charge in [-0.2, -0.15) is 0 Å². The van der Waals surface area contributed by atoms with E-state index in [2.05, 4.69) is 10.6 Å². The van der Waals surface area contributed by atoms with Gasteiger partial charge in [0.25, 0.3) is 0 Å². The second-order valence-corrected chi connectivity index (χ2v) is 5.72. The Morgan fingerprint density at radius 1 is 1.00 bits per heavy atom. The first-order valence-corrected chi connectivity index (χ1v) is 7.39. The first-order chi connectivity index (χ1) is 10.9. The molecular weight excluding hydrogens is 334 g/mol. The van der Waals surface area contributed by atoms with Crippen molar-refractivity contribution in [1.29, 1.82) is 0 Å². The van der Waals surface area contributed by atoms with Crippen LogP contribution in [0.1, 0.15) is 18.1 Å². The van der Waals surface area contributed by atoms with E-state index in [9.17, 15) is 13.6 Å². The van der Waals surface area contributed by atoms with Crippen molar-refractivity contribution in [2.24, 2.45) is 0 Å². The van der Waals surface area contributed by atoms with Gasteiger partial charge in [0, 0.05) is 0 Å². The monoisotopic (exact) mass is 354 g/mol. The molecule has 1 unspecified atom stereocenters. The lowest BCUT2D eigenvalue weighted by molar-refractivity contribution is -0.122. The highest BCUT2D eigenvalue weighted by Gasteiger charge is 2.28. The van der Waals surface area contributed by atoms with Gasteiger partial charge in [0.2, 0.25) is 5.91 Å². The van der Waals surface area contributed by atoms with Crippen LogP contribution in [0, 0.1) is 11.6 Å². The van der Waals surface area contributed by atoms with E-state index in [1.54, 1.807) is 31.3 Å². The van der Waals surface area contributed by atoms with E-state index in [0.29, 0.717) is 6.42 Å². The molecule has 0 saturated carbocycles. The minimum absolute atomic E-state index is 0. The fourth-order valence-electron chi connectivity index (χ4n) is 2.56. The first-order valence-electron chi connectivity index (χ1n) is 7.39. The molecule has 1 amide bonds. The Kier molecular flexibility index (Phi) is 7.32. The van der Waals surface area contributed by atoms with E-state index < -0.39 is 5.54 Å². The molecule has 130 valence electrons. The minimum atomic E-state index is -0.723. The van der Waals surface area contributed by atoms with E-state index >= 15 is 0 Å². The Balaban J connectivity index is 0.00000288. The largest absolute Gasteiger partial charge is 0.345 e. The zero-order valence-electron chi connectivity index (χ0n) is 13.6. The molecule has 0 aliphatic carbocycles. The van der Waals surface area contributed by atoms with Crippen LogP contribution in [-0.2, 0) is 16.8 Å². The van der Waals surface area contributed by atoms with Crippen molar-refractivity contribution in [3.05, 3.63) is 71.3 Å². The number of amides is 1. The van der Waals surface area contributed by atoms with Gasteiger partial charge in [-0.3, -0.25) is 4.79 Å². The third-order valence-corrected chi connectivity index (χ3v) is 3.70. The van der Waals surface area contributed by atoms with Crippen LogP contribution in [0.4, 0.5) is 8.78 Å². The number of halogens is 3. The third-order valence-electron chi connectivity index (χ3n) is 3.70. The molecule has 0 radical (unpaired) electrons. The van der Waals surface area contributed by atoms with Gasteiger partial charge < -0.3 is 10.6 Å². The van der Waals surface area contributed by atoms with Crippen molar-refractivity contribution in [3.8, 4) is 0 Å². The molecule has 0 bridgehead atoms. The predicted octanol–water partition coefficient (Wildman–Crippen LogP) is 3.18. The maximum absolute atomic E-state index is 13.2. The molecule has 1 atom stereocenters. The zero-order chi connectivity index (χ0) is 16.9. The summed E-state index contributed by atoms with van der Waals surface area (Å²) < 4.78 is 26.3. The fraction of sp³-hybridized carbons (Fsp3) is 0.278. The van der Waals surface area contributed by atoms with Gasteiger partial charge in [-0.1, -0.05) is 24.3 Å². The number of hydrogen-bond donors (Lipinski definition) is 2. The molecule has 24 heavy (non-hydrogen) atoms. The van der Waals surface area contributed by atoms with Crippen LogP contribution in [0.3, 0.4) is 0 Å². The van der Waals surface area contributed by atoms with E-state index in [-0.39, 0.29) is 36.5 Å². The quantitative estimate of drug-likeness (QED) is 0.836. The zero-order valence-corrected chi connectivity index (χ0v) is 14.4. The SMILES string of the molecule is CNCC(=O)NC(C)(Cc1ccc(F)cc1)c1ccc(F)cc1.Cl. The van der Waals surface area contributed by atoms with Gasteiger partial charge in [-0.05, 0) is 55.8 Å². The van der Waals surface area contributed by atoms with Crippen LogP contribution in [-0.4, -0.2) is 19.5 Å². The molecule has 0 heterocycles. The van der Waals surface area contributed by atoms with Crippen molar-refractivity contribution < 1.29 is 13.6 Å². The van der Waals surface area contributed by atoms with Crippen molar-refractivity contribution in [3.63, 3.8) is 0 Å². The molecule has 2 rings (SSSR count). The average Bonchev–Trinajstić information content (AvgIpc) is 2.50. The lowest BCUT2D eigenvalue weighted by Crippen LogP contribution is -2.47. The number of nitrogens with one attached hydrogen (secondary N) is 2. The first kappa shape index (κ1) is 20.1. The summed E-state index contributed by atoms with van der Waals surface area (Å²) >= 11 is 0. The van der Waals surface area contributed by atoms with Gasteiger partial charge in [0.1, 0.15) is 11.6 Å². The van der Waals surface area contributed by atoms with Crippen LogP contribution in [0.5, 0.6) is 0 Å². The molecule has 0 aliphatic heterocycles. The average molecular weight is 355 g/mol. The van der Waals surface area contributed by atoms with Crippen LogP contribution < -0.4 is 10.6 Å². The van der Waals surface area contributed by atoms with Crippen molar-refractivity contribution in [2.45, 2.75) is 18.9 Å². The Morgan fingerprint density at radius 2 is 1.50 bits per heavy atom. The molecule has 2 aromatic rings. The van der Waals surface area contributed by atoms with Crippen molar-refractivity contribution in [1.82, 2.24) is 10.6 Å². The molecule has 0 aliphatic rings. The highest BCUT2D eigenvalue weighted by molar-refractivity contribution is 5.85. The second-order valence-electron chi connectivity index (χ2n) is 5.72. The van der Waals surface area contributed by atoms with Gasteiger partial charge >= 0.3 is 0 Å². The summed E-state index contributed by atoms with van der Waals surface area (Å²) in [6.07, 6.45) is 0.467. The highest BCUT2D eigenvalue weighted by atomic mass is 35.5. The van der Waals surface area contributed by atoms with Gasteiger partial charge in [0.15, 0.2) is 0 Å². The number of hydrogen-bond acceptors (Lipinski definition) is 2. The molecule has 0 fully saturated rings. The predicted molar refractivity (Wildman–Crippen MR) is 93.2 cm³/mol. The number of benzene rings is 2. The highest BCUT2D eigenvalue weighted by Crippen LogP contribution is 2.26. The van der Waals surface area contributed by atoms with Crippen molar-refractivity contribution in [2.75, 3.05) is 13.6 Å². The van der Waals surface area contributed by atoms with E-state index in [0.717, 1.165) is 11.1 Å². The number of carbonyl (C=O) groups excluding carboxylic acids is 1. The molecular formula is C18H21ClF2N2O. The Bertz CT molecular complexity index is 662. The lowest BCUT2D eigenvalue weighted by atomic mass is 9.85. The summed E-state index contributed by atoms with van der Waals surface area (Å²) in [5, 5.41) is 5.78. The Labute approximate surface area is 146 Å². The number of carbonyl (C=O) groups is 1. The summed E-state index contributed by atoms with van der Waals surface area (Å²) in [6, 6.07) is 12.2. The maximum atomic E-state index is 13.2. The third kappa shape index (κ3) is 5.28. The number of likely N-dealkylation sites (N-methyl/N-ethyl adjacent to an activating group) is 1. The molecule has 6 heteroatoms. The summed E-state index contributed by atoms with van der Waals surface area (Å²) in [5.41, 5.74) is 0.940. The van der Waals surface area contributed by atoms with E-state index in [1.807, 2.05) is 6.92 Å². The van der Waals surface area contributed by atoms with Crippen LogP contribution in [0.25, 0.3) is 0 Å². The summed E-state index contributed by atoms with van der Waals surface area (Å²) in [5.74, 6) is -0.808. The molecule has 3 nitrogen and oxygen atoms in total. The fourth-order valence-corrected chi connectivity index (χ4v) is 2.56. The van der Waals surface area contributed by atoms with Crippen molar-refractivity contribution >= 4 is 18.3 Å². The second kappa shape index (κ2) is 8.76. The lowest BCUT2D eigenvalue weighted by Gasteiger charge is -2.32. The van der Waals surface area contributed by atoms with Crippen LogP contribution in [0.15, 0.2) is 48.5 Å². The van der Waals surface area contributed by atoms with Gasteiger partial charge in [0.05, 0.1) is 12.1 Å². The smallest absolute Gasteiger partial charge is 0.234 e. The molecule has 2 N–H and O–H groups in total. The molecule has 0 aromatic heterocycles. The Hall–Kier alpha value is -1.98. The summed E-state index contributed by atoms with van der Waals surface area (Å²) in [7, 11) is 1.69. The van der Waals surface area contributed by atoms with Gasteiger partial charge in [-0.15, -0.1) is 12.4 Å². The molecule has 0 saturated heterocycles. The summed E-state index contributed by atoms with van der Waals surface area (Å²) in [6.45, 7) is 2.05. The van der Waals surface area contributed by atoms with E-state index in [4.69, 9.17) is 0 Å². The minimum Gasteiger partial charge on any atom is -0.345 e. The topological polar surface area (TPSA) is 41.1 Å².